The van der Waals surface area contributed by atoms with Gasteiger partial charge in [0, 0.05) is 0 Å². The molecule has 0 aliphatic carbocycles. The quantitative estimate of drug-likeness (QED) is 0.231. The largest absolute Gasteiger partial charge is 0.490 e. The highest BCUT2D eigenvalue weighted by molar-refractivity contribution is 6.42. The van der Waals surface area contributed by atoms with Gasteiger partial charge in [0.1, 0.15) is 6.61 Å². The first-order chi connectivity index (χ1) is 16.9. The summed E-state index contributed by atoms with van der Waals surface area (Å²) in [4.78, 5) is 24.2. The van der Waals surface area contributed by atoms with E-state index in [1.165, 1.54) is 6.21 Å². The van der Waals surface area contributed by atoms with Crippen molar-refractivity contribution in [3.05, 3.63) is 93.5 Å². The summed E-state index contributed by atoms with van der Waals surface area (Å²) in [6, 6.07) is 19.5. The zero-order chi connectivity index (χ0) is 25.2. The molecule has 2 amide bonds. The Morgan fingerprint density at radius 3 is 2.43 bits per heavy atom. The van der Waals surface area contributed by atoms with E-state index in [0.717, 1.165) is 11.1 Å². The first-order valence-electron chi connectivity index (χ1n) is 10.9. The number of benzene rings is 3. The second kappa shape index (κ2) is 12.8. The van der Waals surface area contributed by atoms with Crippen LogP contribution in [0.2, 0.25) is 10.0 Å². The molecule has 0 aromatic heterocycles. The predicted octanol–water partition coefficient (Wildman–Crippen LogP) is 5.30. The summed E-state index contributed by atoms with van der Waals surface area (Å²) in [5, 5.41) is 7.44. The number of nitrogens with zero attached hydrogens (tertiary/aromatic N) is 1. The van der Waals surface area contributed by atoms with Crippen LogP contribution < -0.4 is 20.2 Å². The fourth-order valence-corrected chi connectivity index (χ4v) is 3.41. The normalized spacial score (nSPS) is 11.7. The lowest BCUT2D eigenvalue weighted by atomic mass is 10.1. The molecule has 0 aliphatic rings. The molecule has 3 aromatic rings. The van der Waals surface area contributed by atoms with Gasteiger partial charge in [-0.3, -0.25) is 9.59 Å². The number of ether oxygens (including phenoxy) is 2. The SMILES string of the molecule is CCOc1cc(/C=N\NC(=O)C(=O)N[C@H](C)c2ccccc2)ccc1OCc1ccc(Cl)c(Cl)c1. The van der Waals surface area contributed by atoms with E-state index in [1.807, 2.05) is 43.3 Å². The molecular formula is C26H25Cl2N3O4. The zero-order valence-electron chi connectivity index (χ0n) is 19.3. The highest BCUT2D eigenvalue weighted by Crippen LogP contribution is 2.30. The molecule has 2 N–H and O–H groups in total. The van der Waals surface area contributed by atoms with Crippen molar-refractivity contribution in [2.45, 2.75) is 26.5 Å². The molecule has 0 saturated heterocycles. The van der Waals surface area contributed by atoms with E-state index in [4.69, 9.17) is 32.7 Å². The molecule has 0 unspecified atom stereocenters. The van der Waals surface area contributed by atoms with Crippen LogP contribution in [0.15, 0.2) is 71.8 Å². The van der Waals surface area contributed by atoms with E-state index in [9.17, 15) is 9.59 Å². The fraction of sp³-hybridized carbons (Fsp3) is 0.192. The van der Waals surface area contributed by atoms with E-state index >= 15 is 0 Å². The van der Waals surface area contributed by atoms with Crippen molar-refractivity contribution in [2.75, 3.05) is 6.61 Å². The minimum atomic E-state index is -0.865. The molecule has 0 aliphatic heterocycles. The molecular weight excluding hydrogens is 489 g/mol. The lowest BCUT2D eigenvalue weighted by Crippen LogP contribution is -2.39. The number of hydrogen-bond donors (Lipinski definition) is 2. The van der Waals surface area contributed by atoms with Crippen molar-refractivity contribution in [1.82, 2.24) is 10.7 Å². The van der Waals surface area contributed by atoms with Gasteiger partial charge in [0.05, 0.1) is 28.9 Å². The van der Waals surface area contributed by atoms with Gasteiger partial charge in [0.2, 0.25) is 0 Å². The van der Waals surface area contributed by atoms with E-state index < -0.39 is 11.8 Å². The third kappa shape index (κ3) is 7.73. The molecule has 0 fully saturated rings. The number of amides is 2. The van der Waals surface area contributed by atoms with Crippen LogP contribution in [-0.4, -0.2) is 24.6 Å². The summed E-state index contributed by atoms with van der Waals surface area (Å²) in [6.45, 7) is 4.36. The van der Waals surface area contributed by atoms with Gasteiger partial charge in [-0.2, -0.15) is 5.10 Å². The van der Waals surface area contributed by atoms with Crippen LogP contribution in [0.4, 0.5) is 0 Å². The minimum absolute atomic E-state index is 0.275. The van der Waals surface area contributed by atoms with Gasteiger partial charge in [-0.1, -0.05) is 59.6 Å². The maximum atomic E-state index is 12.1. The van der Waals surface area contributed by atoms with E-state index in [1.54, 1.807) is 37.3 Å². The molecule has 9 heteroatoms. The van der Waals surface area contributed by atoms with Crippen molar-refractivity contribution in [3.8, 4) is 11.5 Å². The molecule has 0 bridgehead atoms. The second-order valence-corrected chi connectivity index (χ2v) is 8.30. The summed E-state index contributed by atoms with van der Waals surface area (Å²) in [5.41, 5.74) is 4.63. The molecule has 182 valence electrons. The summed E-state index contributed by atoms with van der Waals surface area (Å²) in [5.74, 6) is -0.596. The number of rotatable bonds is 9. The highest BCUT2D eigenvalue weighted by atomic mass is 35.5. The van der Waals surface area contributed by atoms with Crippen LogP contribution in [0.25, 0.3) is 0 Å². The van der Waals surface area contributed by atoms with Gasteiger partial charge in [-0.15, -0.1) is 0 Å². The van der Waals surface area contributed by atoms with Crippen LogP contribution in [-0.2, 0) is 16.2 Å². The standard InChI is InChI=1S/C26H25Cl2N3O4/c1-3-34-24-14-18(10-12-23(24)35-16-19-9-11-21(27)22(28)13-19)15-29-31-26(33)25(32)30-17(2)20-7-5-4-6-8-20/h4-15,17H,3,16H2,1-2H3,(H,30,32)(H,31,33)/b29-15-/t17-/m1/s1. The Bertz CT molecular complexity index is 1200. The maximum Gasteiger partial charge on any atom is 0.329 e. The first-order valence-corrected chi connectivity index (χ1v) is 11.7. The fourth-order valence-electron chi connectivity index (χ4n) is 3.09. The molecule has 0 spiro atoms. The highest BCUT2D eigenvalue weighted by Gasteiger charge is 2.16. The van der Waals surface area contributed by atoms with Gasteiger partial charge in [-0.25, -0.2) is 5.43 Å². The lowest BCUT2D eigenvalue weighted by molar-refractivity contribution is -0.139. The van der Waals surface area contributed by atoms with E-state index in [2.05, 4.69) is 15.8 Å². The van der Waals surface area contributed by atoms with Crippen molar-refractivity contribution >= 4 is 41.2 Å². The molecule has 7 nitrogen and oxygen atoms in total. The maximum absolute atomic E-state index is 12.1. The monoisotopic (exact) mass is 513 g/mol. The number of hydrazone groups is 1. The van der Waals surface area contributed by atoms with Gasteiger partial charge >= 0.3 is 11.8 Å². The smallest absolute Gasteiger partial charge is 0.329 e. The second-order valence-electron chi connectivity index (χ2n) is 7.48. The number of hydrogen-bond acceptors (Lipinski definition) is 5. The van der Waals surface area contributed by atoms with Gasteiger partial charge < -0.3 is 14.8 Å². The average Bonchev–Trinajstić information content (AvgIpc) is 2.86. The van der Waals surface area contributed by atoms with Crippen LogP contribution in [0.3, 0.4) is 0 Å². The average molecular weight is 514 g/mol. The Morgan fingerprint density at radius 1 is 0.943 bits per heavy atom. The summed E-state index contributed by atoms with van der Waals surface area (Å²) in [7, 11) is 0. The number of carbonyl (C=O) groups excluding carboxylic acids is 2. The Morgan fingerprint density at radius 2 is 1.71 bits per heavy atom. The number of nitrogens with one attached hydrogen (secondary N) is 2. The molecule has 0 saturated carbocycles. The lowest BCUT2D eigenvalue weighted by Gasteiger charge is -2.13. The minimum Gasteiger partial charge on any atom is -0.490 e. The van der Waals surface area contributed by atoms with Gasteiger partial charge in [0.15, 0.2) is 11.5 Å². The molecule has 0 radical (unpaired) electrons. The van der Waals surface area contributed by atoms with Crippen molar-refractivity contribution in [3.63, 3.8) is 0 Å². The van der Waals surface area contributed by atoms with Gasteiger partial charge in [-0.05, 0) is 60.9 Å². The van der Waals surface area contributed by atoms with Crippen LogP contribution in [0.5, 0.6) is 11.5 Å². The molecule has 3 aromatic carbocycles. The predicted molar refractivity (Wildman–Crippen MR) is 137 cm³/mol. The molecule has 35 heavy (non-hydrogen) atoms. The molecule has 0 heterocycles. The molecule has 1 atom stereocenters. The number of carbonyl (C=O) groups is 2. The Hall–Kier alpha value is -3.55. The van der Waals surface area contributed by atoms with Crippen LogP contribution in [0, 0.1) is 0 Å². The third-order valence-corrected chi connectivity index (χ3v) is 5.62. The zero-order valence-corrected chi connectivity index (χ0v) is 20.8. The summed E-state index contributed by atoms with van der Waals surface area (Å²) in [6.07, 6.45) is 1.41. The van der Waals surface area contributed by atoms with Crippen molar-refractivity contribution in [1.29, 1.82) is 0 Å². The third-order valence-electron chi connectivity index (χ3n) is 4.88. The summed E-state index contributed by atoms with van der Waals surface area (Å²) < 4.78 is 11.6. The van der Waals surface area contributed by atoms with Crippen LogP contribution in [0.1, 0.15) is 36.6 Å². The Labute approximate surface area is 214 Å². The molecule has 3 rings (SSSR count). The topological polar surface area (TPSA) is 89.0 Å². The van der Waals surface area contributed by atoms with Gasteiger partial charge in [0.25, 0.3) is 0 Å². The first kappa shape index (κ1) is 26.1. The van der Waals surface area contributed by atoms with E-state index in [-0.39, 0.29) is 12.6 Å². The van der Waals surface area contributed by atoms with Crippen molar-refractivity contribution in [2.24, 2.45) is 5.10 Å². The Kier molecular flexibility index (Phi) is 9.52. The van der Waals surface area contributed by atoms with E-state index in [0.29, 0.717) is 33.7 Å². The summed E-state index contributed by atoms with van der Waals surface area (Å²) >= 11 is 12.0. The van der Waals surface area contributed by atoms with Crippen molar-refractivity contribution < 1.29 is 19.1 Å². The van der Waals surface area contributed by atoms with Crippen LogP contribution >= 0.6 is 23.2 Å². The number of halogens is 2. The Balaban J connectivity index is 1.58.